The van der Waals surface area contributed by atoms with Crippen LogP contribution >= 0.6 is 11.6 Å². The van der Waals surface area contributed by atoms with Gasteiger partial charge in [-0.2, -0.15) is 0 Å². The van der Waals surface area contributed by atoms with Crippen molar-refractivity contribution in [3.05, 3.63) is 59.1 Å². The number of ether oxygens (including phenoxy) is 2. The monoisotopic (exact) mass is 333 g/mol. The molecule has 2 rings (SSSR count). The Bertz CT molecular complexity index is 643. The van der Waals surface area contributed by atoms with Gasteiger partial charge in [-0.15, -0.1) is 0 Å². The Kier molecular flexibility index (Phi) is 6.29. The second-order valence-corrected chi connectivity index (χ2v) is 5.66. The molecule has 0 spiro atoms. The first-order valence-electron chi connectivity index (χ1n) is 7.36. The quantitative estimate of drug-likeness (QED) is 0.777. The number of hydrogen-bond donors (Lipinski definition) is 0. The van der Waals surface area contributed by atoms with Crippen LogP contribution in [-0.2, 0) is 4.79 Å². The van der Waals surface area contributed by atoms with E-state index < -0.39 is 0 Å². The van der Waals surface area contributed by atoms with Crippen LogP contribution in [0.3, 0.4) is 0 Å². The lowest BCUT2D eigenvalue weighted by Crippen LogP contribution is -2.34. The maximum absolute atomic E-state index is 12.0. The summed E-state index contributed by atoms with van der Waals surface area (Å²) in [6.07, 6.45) is 0. The highest BCUT2D eigenvalue weighted by Gasteiger charge is 2.09. The number of benzene rings is 2. The molecule has 0 bridgehead atoms. The zero-order chi connectivity index (χ0) is 16.7. The van der Waals surface area contributed by atoms with Crippen molar-refractivity contribution in [1.29, 1.82) is 0 Å². The zero-order valence-electron chi connectivity index (χ0n) is 13.3. The third-order valence-corrected chi connectivity index (χ3v) is 3.54. The van der Waals surface area contributed by atoms with Crippen molar-refractivity contribution in [3.63, 3.8) is 0 Å². The summed E-state index contributed by atoms with van der Waals surface area (Å²) in [7, 11) is 1.73. The molecule has 122 valence electrons. The van der Waals surface area contributed by atoms with E-state index >= 15 is 0 Å². The summed E-state index contributed by atoms with van der Waals surface area (Å²) in [5.41, 5.74) is 1.10. The molecule has 5 heteroatoms. The summed E-state index contributed by atoms with van der Waals surface area (Å²) >= 11 is 5.81. The third kappa shape index (κ3) is 5.83. The van der Waals surface area contributed by atoms with Gasteiger partial charge in [-0.05, 0) is 48.9 Å². The van der Waals surface area contributed by atoms with Gasteiger partial charge >= 0.3 is 0 Å². The third-order valence-electron chi connectivity index (χ3n) is 3.29. The number of amides is 1. The van der Waals surface area contributed by atoms with Gasteiger partial charge in [-0.3, -0.25) is 4.79 Å². The van der Waals surface area contributed by atoms with Gasteiger partial charge in [0.2, 0.25) is 0 Å². The fourth-order valence-electron chi connectivity index (χ4n) is 1.92. The summed E-state index contributed by atoms with van der Waals surface area (Å²) in [6.45, 7) is 2.89. The van der Waals surface area contributed by atoms with Crippen LogP contribution in [0.25, 0.3) is 0 Å². The van der Waals surface area contributed by atoms with Crippen molar-refractivity contribution in [2.45, 2.75) is 6.92 Å². The standard InChI is InChI=1S/C18H20ClNO3/c1-14-4-3-5-17(12-14)23-13-18(21)20(2)10-11-22-16-8-6-15(19)7-9-16/h3-9,12H,10-11,13H2,1-2H3. The number of carbonyl (C=O) groups is 1. The van der Waals surface area contributed by atoms with Crippen LogP contribution in [0.5, 0.6) is 11.5 Å². The Balaban J connectivity index is 1.71. The first-order valence-corrected chi connectivity index (χ1v) is 7.74. The van der Waals surface area contributed by atoms with Gasteiger partial charge in [0, 0.05) is 12.1 Å². The van der Waals surface area contributed by atoms with Crippen LogP contribution in [0.15, 0.2) is 48.5 Å². The van der Waals surface area contributed by atoms with Gasteiger partial charge in [0.1, 0.15) is 18.1 Å². The molecule has 1 amide bonds. The molecule has 0 N–H and O–H groups in total. The van der Waals surface area contributed by atoms with Crippen molar-refractivity contribution in [2.75, 3.05) is 26.8 Å². The van der Waals surface area contributed by atoms with Gasteiger partial charge in [0.05, 0.1) is 6.54 Å². The van der Waals surface area contributed by atoms with E-state index in [4.69, 9.17) is 21.1 Å². The smallest absolute Gasteiger partial charge is 0.260 e. The maximum Gasteiger partial charge on any atom is 0.260 e. The minimum absolute atomic E-state index is 0.0148. The number of hydrogen-bond acceptors (Lipinski definition) is 3. The SMILES string of the molecule is Cc1cccc(OCC(=O)N(C)CCOc2ccc(Cl)cc2)c1. The number of aryl methyl sites for hydroxylation is 1. The van der Waals surface area contributed by atoms with Gasteiger partial charge in [-0.25, -0.2) is 0 Å². The highest BCUT2D eigenvalue weighted by Crippen LogP contribution is 2.15. The number of nitrogens with zero attached hydrogens (tertiary/aromatic N) is 1. The summed E-state index contributed by atoms with van der Waals surface area (Å²) in [6, 6.07) is 14.7. The summed E-state index contributed by atoms with van der Waals surface area (Å²) in [5.74, 6) is 1.33. The van der Waals surface area contributed by atoms with E-state index in [0.717, 1.165) is 11.3 Å². The van der Waals surface area contributed by atoms with E-state index in [-0.39, 0.29) is 12.5 Å². The second kappa shape index (κ2) is 8.44. The van der Waals surface area contributed by atoms with Crippen LogP contribution in [0, 0.1) is 6.92 Å². The Morgan fingerprint density at radius 2 is 1.83 bits per heavy atom. The number of halogens is 1. The molecular formula is C18H20ClNO3. The highest BCUT2D eigenvalue weighted by molar-refractivity contribution is 6.30. The number of likely N-dealkylation sites (N-methyl/N-ethyl adjacent to an activating group) is 1. The number of carbonyl (C=O) groups excluding carboxylic acids is 1. The maximum atomic E-state index is 12.0. The van der Waals surface area contributed by atoms with Crippen LogP contribution in [0.1, 0.15) is 5.56 Å². The van der Waals surface area contributed by atoms with Crippen LogP contribution in [-0.4, -0.2) is 37.6 Å². The second-order valence-electron chi connectivity index (χ2n) is 5.22. The van der Waals surface area contributed by atoms with E-state index in [0.29, 0.717) is 23.9 Å². The van der Waals surface area contributed by atoms with Crippen molar-refractivity contribution in [3.8, 4) is 11.5 Å². The molecule has 0 saturated heterocycles. The summed E-state index contributed by atoms with van der Waals surface area (Å²) in [4.78, 5) is 13.6. The van der Waals surface area contributed by atoms with Gasteiger partial charge in [0.25, 0.3) is 5.91 Å². The molecule has 0 saturated carbocycles. The van der Waals surface area contributed by atoms with Crippen molar-refractivity contribution in [2.24, 2.45) is 0 Å². The fraction of sp³-hybridized carbons (Fsp3) is 0.278. The lowest BCUT2D eigenvalue weighted by Gasteiger charge is -2.18. The Hall–Kier alpha value is -2.20. The van der Waals surface area contributed by atoms with Crippen molar-refractivity contribution < 1.29 is 14.3 Å². The van der Waals surface area contributed by atoms with Crippen LogP contribution in [0.4, 0.5) is 0 Å². The van der Waals surface area contributed by atoms with Gasteiger partial charge in [0.15, 0.2) is 6.61 Å². The molecule has 0 aliphatic carbocycles. The Morgan fingerprint density at radius 1 is 1.09 bits per heavy atom. The van der Waals surface area contributed by atoms with Gasteiger partial charge < -0.3 is 14.4 Å². The molecule has 0 radical (unpaired) electrons. The minimum Gasteiger partial charge on any atom is -0.492 e. The normalized spacial score (nSPS) is 10.2. The summed E-state index contributed by atoms with van der Waals surface area (Å²) < 4.78 is 11.1. The molecule has 4 nitrogen and oxygen atoms in total. The van der Waals surface area contributed by atoms with Crippen molar-refractivity contribution in [1.82, 2.24) is 4.90 Å². The molecule has 0 aliphatic heterocycles. The Morgan fingerprint density at radius 3 is 2.52 bits per heavy atom. The van der Waals surface area contributed by atoms with Gasteiger partial charge in [-0.1, -0.05) is 23.7 Å². The average molecular weight is 334 g/mol. The first-order chi connectivity index (χ1) is 11.0. The molecule has 2 aromatic carbocycles. The minimum atomic E-state index is -0.0915. The number of rotatable bonds is 7. The highest BCUT2D eigenvalue weighted by atomic mass is 35.5. The van der Waals surface area contributed by atoms with E-state index in [1.807, 2.05) is 31.2 Å². The molecular weight excluding hydrogens is 314 g/mol. The Labute approximate surface area is 141 Å². The predicted octanol–water partition coefficient (Wildman–Crippen LogP) is 3.56. The lowest BCUT2D eigenvalue weighted by atomic mass is 10.2. The van der Waals surface area contributed by atoms with E-state index in [1.54, 1.807) is 36.2 Å². The first kappa shape index (κ1) is 17.2. The predicted molar refractivity (Wildman–Crippen MR) is 91.3 cm³/mol. The molecule has 0 aromatic heterocycles. The molecule has 0 heterocycles. The molecule has 0 aliphatic rings. The summed E-state index contributed by atoms with van der Waals surface area (Å²) in [5, 5.41) is 0.665. The zero-order valence-corrected chi connectivity index (χ0v) is 14.0. The molecule has 2 aromatic rings. The largest absolute Gasteiger partial charge is 0.492 e. The van der Waals surface area contributed by atoms with E-state index in [1.165, 1.54) is 0 Å². The van der Waals surface area contributed by atoms with Crippen LogP contribution < -0.4 is 9.47 Å². The molecule has 23 heavy (non-hydrogen) atoms. The van der Waals surface area contributed by atoms with Crippen molar-refractivity contribution >= 4 is 17.5 Å². The molecule has 0 fully saturated rings. The average Bonchev–Trinajstić information content (AvgIpc) is 2.54. The lowest BCUT2D eigenvalue weighted by molar-refractivity contribution is -0.132. The van der Waals surface area contributed by atoms with E-state index in [2.05, 4.69) is 0 Å². The molecule has 0 unspecified atom stereocenters. The topological polar surface area (TPSA) is 38.8 Å². The molecule has 0 atom stereocenters. The van der Waals surface area contributed by atoms with Crippen LogP contribution in [0.2, 0.25) is 5.02 Å². The fourth-order valence-corrected chi connectivity index (χ4v) is 2.04. The van der Waals surface area contributed by atoms with E-state index in [9.17, 15) is 4.79 Å².